The van der Waals surface area contributed by atoms with Gasteiger partial charge in [0, 0.05) is 0 Å². The molecule has 0 aliphatic carbocycles. The Kier molecular flexibility index (Phi) is 2.28. The molecular formula is C7H5ClF3N. The zero-order chi connectivity index (χ0) is 9.35. The number of hydrogen-bond donors (Lipinski definition) is 0. The SMILES string of the molecule is Cc1ccc(Cl)nc1C(F)(F)F. The van der Waals surface area contributed by atoms with Crippen molar-refractivity contribution in [3.05, 3.63) is 28.5 Å². The number of nitrogens with zero attached hydrogens (tertiary/aromatic N) is 1. The van der Waals surface area contributed by atoms with E-state index in [1.54, 1.807) is 0 Å². The van der Waals surface area contributed by atoms with Crippen LogP contribution in [0.15, 0.2) is 12.1 Å². The zero-order valence-electron chi connectivity index (χ0n) is 6.11. The van der Waals surface area contributed by atoms with Crippen LogP contribution in [0.1, 0.15) is 11.3 Å². The Labute approximate surface area is 72.2 Å². The van der Waals surface area contributed by atoms with Crippen LogP contribution in [0.2, 0.25) is 5.15 Å². The smallest absolute Gasteiger partial charge is 0.231 e. The van der Waals surface area contributed by atoms with E-state index in [0.717, 1.165) is 0 Å². The first-order valence-electron chi connectivity index (χ1n) is 3.11. The maximum atomic E-state index is 12.1. The van der Waals surface area contributed by atoms with Gasteiger partial charge in [0.2, 0.25) is 0 Å². The highest BCUT2D eigenvalue weighted by Gasteiger charge is 2.34. The molecule has 0 radical (unpaired) electrons. The molecule has 1 nitrogen and oxygen atoms in total. The number of aryl methyl sites for hydroxylation is 1. The second kappa shape index (κ2) is 2.94. The number of hydrogen-bond acceptors (Lipinski definition) is 1. The van der Waals surface area contributed by atoms with E-state index in [1.165, 1.54) is 19.1 Å². The van der Waals surface area contributed by atoms with E-state index >= 15 is 0 Å². The number of aromatic nitrogens is 1. The lowest BCUT2D eigenvalue weighted by Gasteiger charge is -2.08. The third-order valence-corrected chi connectivity index (χ3v) is 1.54. The van der Waals surface area contributed by atoms with Crippen molar-refractivity contribution in [1.82, 2.24) is 4.98 Å². The summed E-state index contributed by atoms with van der Waals surface area (Å²) >= 11 is 5.31. The molecular weight excluding hydrogens is 191 g/mol. The molecule has 1 heterocycles. The van der Waals surface area contributed by atoms with Crippen LogP contribution in [0.25, 0.3) is 0 Å². The van der Waals surface area contributed by atoms with E-state index in [9.17, 15) is 13.2 Å². The maximum absolute atomic E-state index is 12.1. The zero-order valence-corrected chi connectivity index (χ0v) is 6.87. The van der Waals surface area contributed by atoms with Crippen LogP contribution in [0.4, 0.5) is 13.2 Å². The third-order valence-electron chi connectivity index (χ3n) is 1.33. The van der Waals surface area contributed by atoms with Crippen molar-refractivity contribution in [2.24, 2.45) is 0 Å². The molecule has 0 fully saturated rings. The molecule has 0 unspecified atom stereocenters. The molecule has 0 saturated carbocycles. The predicted molar refractivity (Wildman–Crippen MR) is 39.0 cm³/mol. The van der Waals surface area contributed by atoms with Crippen molar-refractivity contribution in [3.63, 3.8) is 0 Å². The number of rotatable bonds is 0. The molecule has 0 aromatic carbocycles. The van der Waals surface area contributed by atoms with E-state index in [1.807, 2.05) is 0 Å². The first kappa shape index (κ1) is 9.32. The van der Waals surface area contributed by atoms with Gasteiger partial charge < -0.3 is 0 Å². The fraction of sp³-hybridized carbons (Fsp3) is 0.286. The van der Waals surface area contributed by atoms with Crippen molar-refractivity contribution in [1.29, 1.82) is 0 Å². The van der Waals surface area contributed by atoms with Crippen molar-refractivity contribution < 1.29 is 13.2 Å². The van der Waals surface area contributed by atoms with E-state index in [0.29, 0.717) is 0 Å². The average molecular weight is 196 g/mol. The molecule has 5 heteroatoms. The van der Waals surface area contributed by atoms with Gasteiger partial charge in [0.1, 0.15) is 10.8 Å². The van der Waals surface area contributed by atoms with Gasteiger partial charge >= 0.3 is 6.18 Å². The standard InChI is InChI=1S/C7H5ClF3N/c1-4-2-3-5(8)12-6(4)7(9,10)11/h2-3H,1H3. The Balaban J connectivity index is 3.23. The minimum absolute atomic E-state index is 0.0758. The van der Waals surface area contributed by atoms with Gasteiger partial charge in [0.05, 0.1) is 0 Å². The van der Waals surface area contributed by atoms with Gasteiger partial charge in [-0.15, -0.1) is 0 Å². The second-order valence-electron chi connectivity index (χ2n) is 2.30. The molecule has 0 amide bonds. The number of alkyl halides is 3. The minimum Gasteiger partial charge on any atom is -0.231 e. The van der Waals surface area contributed by atoms with Crippen molar-refractivity contribution in [2.45, 2.75) is 13.1 Å². The van der Waals surface area contributed by atoms with E-state index in [-0.39, 0.29) is 10.7 Å². The molecule has 66 valence electrons. The normalized spacial score (nSPS) is 11.8. The summed E-state index contributed by atoms with van der Waals surface area (Å²) < 4.78 is 36.3. The summed E-state index contributed by atoms with van der Waals surface area (Å²) in [6.45, 7) is 1.34. The molecule has 1 rings (SSSR count). The van der Waals surface area contributed by atoms with Crippen LogP contribution in [0.5, 0.6) is 0 Å². The van der Waals surface area contributed by atoms with E-state index in [4.69, 9.17) is 11.6 Å². The maximum Gasteiger partial charge on any atom is 0.433 e. The summed E-state index contributed by atoms with van der Waals surface area (Å²) in [6, 6.07) is 2.62. The van der Waals surface area contributed by atoms with Gasteiger partial charge in [0.25, 0.3) is 0 Å². The summed E-state index contributed by atoms with van der Waals surface area (Å²) in [5, 5.41) is -0.145. The molecule has 1 aromatic rings. The van der Waals surface area contributed by atoms with Gasteiger partial charge in [-0.25, -0.2) is 4.98 Å². The Morgan fingerprint density at radius 3 is 2.33 bits per heavy atom. The van der Waals surface area contributed by atoms with Crippen LogP contribution in [-0.4, -0.2) is 4.98 Å². The largest absolute Gasteiger partial charge is 0.433 e. The highest BCUT2D eigenvalue weighted by atomic mass is 35.5. The fourth-order valence-electron chi connectivity index (χ4n) is 0.792. The van der Waals surface area contributed by atoms with Gasteiger partial charge in [0.15, 0.2) is 0 Å². The Hall–Kier alpha value is -0.770. The summed E-state index contributed by atoms with van der Waals surface area (Å²) in [6.07, 6.45) is -4.42. The molecule has 0 bridgehead atoms. The quantitative estimate of drug-likeness (QED) is 0.580. The number of pyridine rings is 1. The van der Waals surface area contributed by atoms with Crippen LogP contribution in [0.3, 0.4) is 0 Å². The van der Waals surface area contributed by atoms with Crippen molar-refractivity contribution in [2.75, 3.05) is 0 Å². The van der Waals surface area contributed by atoms with Crippen LogP contribution in [-0.2, 0) is 6.18 Å². The van der Waals surface area contributed by atoms with Gasteiger partial charge in [-0.3, -0.25) is 0 Å². The summed E-state index contributed by atoms with van der Waals surface area (Å²) in [5.74, 6) is 0. The molecule has 12 heavy (non-hydrogen) atoms. The molecule has 0 atom stereocenters. The molecule has 0 aliphatic heterocycles. The molecule has 0 spiro atoms. The first-order chi connectivity index (χ1) is 5.41. The van der Waals surface area contributed by atoms with Crippen LogP contribution in [0, 0.1) is 6.92 Å². The van der Waals surface area contributed by atoms with Crippen molar-refractivity contribution in [3.8, 4) is 0 Å². The van der Waals surface area contributed by atoms with Crippen LogP contribution >= 0.6 is 11.6 Å². The fourth-order valence-corrected chi connectivity index (χ4v) is 0.939. The van der Waals surface area contributed by atoms with Gasteiger partial charge in [-0.2, -0.15) is 13.2 Å². The third kappa shape index (κ3) is 1.88. The summed E-state index contributed by atoms with van der Waals surface area (Å²) in [5.41, 5.74) is -0.845. The first-order valence-corrected chi connectivity index (χ1v) is 3.49. The minimum atomic E-state index is -4.42. The Morgan fingerprint density at radius 2 is 1.92 bits per heavy atom. The predicted octanol–water partition coefficient (Wildman–Crippen LogP) is 3.06. The van der Waals surface area contributed by atoms with E-state index < -0.39 is 11.9 Å². The number of halogens is 4. The van der Waals surface area contributed by atoms with Gasteiger partial charge in [-0.1, -0.05) is 17.7 Å². The Morgan fingerprint density at radius 1 is 1.33 bits per heavy atom. The molecule has 0 aliphatic rings. The Bertz CT molecular complexity index is 295. The van der Waals surface area contributed by atoms with Crippen molar-refractivity contribution >= 4 is 11.6 Å². The molecule has 0 saturated heterocycles. The lowest BCUT2D eigenvalue weighted by molar-refractivity contribution is -0.141. The van der Waals surface area contributed by atoms with E-state index in [2.05, 4.69) is 4.98 Å². The summed E-state index contributed by atoms with van der Waals surface area (Å²) in [4.78, 5) is 3.18. The summed E-state index contributed by atoms with van der Waals surface area (Å²) in [7, 11) is 0. The average Bonchev–Trinajstić information content (AvgIpc) is 1.92. The molecule has 1 aromatic heterocycles. The lowest BCUT2D eigenvalue weighted by atomic mass is 10.2. The highest BCUT2D eigenvalue weighted by molar-refractivity contribution is 6.29. The van der Waals surface area contributed by atoms with Gasteiger partial charge in [-0.05, 0) is 18.6 Å². The monoisotopic (exact) mass is 195 g/mol. The second-order valence-corrected chi connectivity index (χ2v) is 2.68. The molecule has 0 N–H and O–H groups in total. The van der Waals surface area contributed by atoms with Crippen LogP contribution < -0.4 is 0 Å². The highest BCUT2D eigenvalue weighted by Crippen LogP contribution is 2.30. The lowest BCUT2D eigenvalue weighted by Crippen LogP contribution is -2.10. The topological polar surface area (TPSA) is 12.9 Å².